The second-order valence-electron chi connectivity index (χ2n) is 3.52. The zero-order chi connectivity index (χ0) is 13.3. The fourth-order valence-corrected chi connectivity index (χ4v) is 2.67. The summed E-state index contributed by atoms with van der Waals surface area (Å²) in [7, 11) is -6.94. The Morgan fingerprint density at radius 2 is 1.35 bits per heavy atom. The van der Waals surface area contributed by atoms with Crippen molar-refractivity contribution in [2.45, 2.75) is 11.5 Å². The maximum atomic E-state index is 10.7. The maximum absolute atomic E-state index is 10.7. The molecule has 0 bridgehead atoms. The third-order valence-electron chi connectivity index (χ3n) is 2.10. The summed E-state index contributed by atoms with van der Waals surface area (Å²) in [5.41, 5.74) is 0.433. The van der Waals surface area contributed by atoms with Crippen molar-refractivity contribution in [1.29, 1.82) is 0 Å². The largest absolute Gasteiger partial charge is 0.285 e. The molecular weight excluding hydrogens is 270 g/mol. The third kappa shape index (κ3) is 4.77. The van der Waals surface area contributed by atoms with Gasteiger partial charge in [0.2, 0.25) is 0 Å². The molecule has 7 nitrogen and oxygen atoms in total. The molecule has 0 saturated carbocycles. The van der Waals surface area contributed by atoms with Crippen LogP contribution in [0.25, 0.3) is 0 Å². The summed E-state index contributed by atoms with van der Waals surface area (Å²) in [6.07, 6.45) is 0. The van der Waals surface area contributed by atoms with Crippen molar-refractivity contribution in [2.75, 3.05) is 0 Å². The molecule has 0 spiro atoms. The molecule has 0 aliphatic carbocycles. The fourth-order valence-electron chi connectivity index (χ4n) is 1.34. The van der Waals surface area contributed by atoms with Crippen LogP contribution in [0.4, 0.5) is 0 Å². The first-order valence-corrected chi connectivity index (χ1v) is 7.67. The minimum absolute atomic E-state index is 0.216. The Morgan fingerprint density at radius 3 is 1.65 bits per heavy atom. The maximum Gasteiger partial charge on any atom is 0.275 e. The average molecular weight is 282 g/mol. The van der Waals surface area contributed by atoms with Crippen LogP contribution in [-0.2, 0) is 38.8 Å². The molecule has 0 amide bonds. The van der Waals surface area contributed by atoms with E-state index in [0.717, 1.165) is 0 Å². The van der Waals surface area contributed by atoms with Crippen molar-refractivity contribution in [2.24, 2.45) is 7.05 Å². The van der Waals surface area contributed by atoms with Gasteiger partial charge >= 0.3 is 0 Å². The van der Waals surface area contributed by atoms with Crippen molar-refractivity contribution in [3.05, 3.63) is 29.6 Å². The highest BCUT2D eigenvalue weighted by atomic mass is 32.2. The zero-order valence-corrected chi connectivity index (χ0v) is 10.6. The normalized spacial score (nSPS) is 12.6. The number of rotatable bonds is 4. The number of pyridine rings is 1. The van der Waals surface area contributed by atoms with Crippen molar-refractivity contribution in [1.82, 2.24) is 0 Å². The second kappa shape index (κ2) is 4.69. The molecule has 1 heterocycles. The van der Waals surface area contributed by atoms with Crippen LogP contribution in [0.2, 0.25) is 0 Å². The Morgan fingerprint density at radius 1 is 1.00 bits per heavy atom. The summed E-state index contributed by atoms with van der Waals surface area (Å²) in [4.78, 5) is 0. The van der Waals surface area contributed by atoms with Crippen LogP contribution in [0.1, 0.15) is 11.4 Å². The van der Waals surface area contributed by atoms with E-state index in [9.17, 15) is 16.8 Å². The molecular formula is C8H12NO6S2+. The number of aromatic nitrogens is 1. The van der Waals surface area contributed by atoms with E-state index in [1.54, 1.807) is 0 Å². The Bertz CT molecular complexity index is 567. The Kier molecular flexibility index (Phi) is 3.87. The lowest BCUT2D eigenvalue weighted by atomic mass is 10.3. The Labute approximate surface area is 99.2 Å². The molecule has 17 heavy (non-hydrogen) atoms. The molecule has 0 radical (unpaired) electrons. The number of nitrogens with zero attached hydrogens (tertiary/aromatic N) is 1. The molecule has 0 fully saturated rings. The fraction of sp³-hybridized carbons (Fsp3) is 0.375. The Balaban J connectivity index is 3.16. The summed E-state index contributed by atoms with van der Waals surface area (Å²) in [5, 5.41) is 0. The first-order chi connectivity index (χ1) is 7.58. The van der Waals surface area contributed by atoms with Crippen LogP contribution >= 0.6 is 0 Å². The zero-order valence-electron chi connectivity index (χ0n) is 8.94. The van der Waals surface area contributed by atoms with E-state index in [-0.39, 0.29) is 11.4 Å². The average Bonchev–Trinajstić information content (AvgIpc) is 2.07. The van der Waals surface area contributed by atoms with Crippen LogP contribution in [0, 0.1) is 0 Å². The summed E-state index contributed by atoms with van der Waals surface area (Å²) in [5.74, 6) is -1.24. The van der Waals surface area contributed by atoms with E-state index in [0.29, 0.717) is 0 Å². The first-order valence-electron chi connectivity index (χ1n) is 4.45. The van der Waals surface area contributed by atoms with Gasteiger partial charge in [0, 0.05) is 12.1 Å². The Hall–Kier alpha value is -1.03. The van der Waals surface area contributed by atoms with E-state index >= 15 is 0 Å². The van der Waals surface area contributed by atoms with Crippen molar-refractivity contribution in [3.63, 3.8) is 0 Å². The molecule has 1 aromatic rings. The van der Waals surface area contributed by atoms with Gasteiger partial charge in [0.25, 0.3) is 20.2 Å². The van der Waals surface area contributed by atoms with Gasteiger partial charge in [-0.2, -0.15) is 16.8 Å². The predicted octanol–water partition coefficient (Wildman–Crippen LogP) is -0.713. The molecule has 0 aromatic carbocycles. The molecule has 0 aliphatic rings. The van der Waals surface area contributed by atoms with Gasteiger partial charge in [0.05, 0.1) is 0 Å². The van der Waals surface area contributed by atoms with Gasteiger partial charge in [-0.1, -0.05) is 0 Å². The molecule has 0 saturated heterocycles. The lowest BCUT2D eigenvalue weighted by molar-refractivity contribution is -0.684. The van der Waals surface area contributed by atoms with E-state index in [1.165, 1.54) is 29.8 Å². The van der Waals surface area contributed by atoms with E-state index in [2.05, 4.69) is 0 Å². The molecule has 0 unspecified atom stereocenters. The standard InChI is InChI=1S/C8H11NO6S2/c1-9-7(5-16(10,11)12)3-2-4-8(9)6-17(13,14)15/h2-4H,5-6H2,1H3,(H-,10,11,12,13,14,15)/p+1. The topological polar surface area (TPSA) is 113 Å². The minimum Gasteiger partial charge on any atom is -0.285 e. The smallest absolute Gasteiger partial charge is 0.275 e. The second-order valence-corrected chi connectivity index (χ2v) is 6.42. The van der Waals surface area contributed by atoms with Crippen LogP contribution in [0.15, 0.2) is 18.2 Å². The lowest BCUT2D eigenvalue weighted by Crippen LogP contribution is -2.40. The van der Waals surface area contributed by atoms with Crippen LogP contribution in [-0.4, -0.2) is 25.9 Å². The third-order valence-corrected chi connectivity index (χ3v) is 3.42. The summed E-state index contributed by atoms with van der Waals surface area (Å²) < 4.78 is 61.6. The van der Waals surface area contributed by atoms with Gasteiger partial charge < -0.3 is 0 Å². The molecule has 0 aliphatic heterocycles. The summed E-state index contributed by atoms with van der Waals surface area (Å²) in [6, 6.07) is 4.31. The lowest BCUT2D eigenvalue weighted by Gasteiger charge is -2.02. The summed E-state index contributed by atoms with van der Waals surface area (Å²) in [6.45, 7) is 0. The van der Waals surface area contributed by atoms with Gasteiger partial charge in [-0.3, -0.25) is 9.11 Å². The van der Waals surface area contributed by atoms with E-state index in [4.69, 9.17) is 9.11 Å². The highest BCUT2D eigenvalue weighted by Crippen LogP contribution is 2.04. The minimum atomic E-state index is -4.19. The molecule has 2 N–H and O–H groups in total. The highest BCUT2D eigenvalue weighted by Gasteiger charge is 2.21. The van der Waals surface area contributed by atoms with E-state index < -0.39 is 31.7 Å². The van der Waals surface area contributed by atoms with Crippen LogP contribution in [0.5, 0.6) is 0 Å². The van der Waals surface area contributed by atoms with Crippen molar-refractivity contribution in [3.8, 4) is 0 Å². The molecule has 1 aromatic heterocycles. The number of hydrogen-bond donors (Lipinski definition) is 2. The van der Waals surface area contributed by atoms with Gasteiger partial charge in [-0.05, 0) is 6.07 Å². The van der Waals surface area contributed by atoms with E-state index in [1.807, 2.05) is 0 Å². The van der Waals surface area contributed by atoms with Gasteiger partial charge in [0.15, 0.2) is 22.9 Å². The molecule has 96 valence electrons. The van der Waals surface area contributed by atoms with Gasteiger partial charge in [-0.15, -0.1) is 0 Å². The quantitative estimate of drug-likeness (QED) is 0.557. The SMILES string of the molecule is C[n+]1c(CS(=O)(=O)O)cccc1CS(=O)(=O)O. The molecule has 1 rings (SSSR count). The predicted molar refractivity (Wildman–Crippen MR) is 58.1 cm³/mol. The number of hydrogen-bond acceptors (Lipinski definition) is 4. The van der Waals surface area contributed by atoms with Gasteiger partial charge in [-0.25, -0.2) is 4.57 Å². The van der Waals surface area contributed by atoms with Crippen LogP contribution in [0.3, 0.4) is 0 Å². The van der Waals surface area contributed by atoms with Gasteiger partial charge in [0.1, 0.15) is 7.05 Å². The van der Waals surface area contributed by atoms with Crippen molar-refractivity contribution < 1.29 is 30.5 Å². The summed E-state index contributed by atoms with van der Waals surface area (Å²) >= 11 is 0. The monoisotopic (exact) mass is 282 g/mol. The highest BCUT2D eigenvalue weighted by molar-refractivity contribution is 7.85. The first kappa shape index (κ1) is 14.0. The molecule has 0 atom stereocenters. The van der Waals surface area contributed by atoms with Crippen LogP contribution < -0.4 is 4.57 Å². The molecule has 9 heteroatoms. The van der Waals surface area contributed by atoms with Crippen molar-refractivity contribution >= 4 is 20.2 Å².